The molecule has 0 aliphatic carbocycles. The van der Waals surface area contributed by atoms with Gasteiger partial charge in [-0.25, -0.2) is 0 Å². The predicted molar refractivity (Wildman–Crippen MR) is 67.9 cm³/mol. The SMILES string of the molecule is Cc1ccc(C(C)(C)C)cc1CCC1CO1. The molecule has 1 aliphatic heterocycles. The first-order valence-corrected chi connectivity index (χ1v) is 6.18. The van der Waals surface area contributed by atoms with E-state index in [1.807, 2.05) is 0 Å². The zero-order chi connectivity index (χ0) is 11.8. The molecule has 88 valence electrons. The topological polar surface area (TPSA) is 12.5 Å². The second-order valence-electron chi connectivity index (χ2n) is 5.89. The summed E-state index contributed by atoms with van der Waals surface area (Å²) in [6.45, 7) is 9.98. The van der Waals surface area contributed by atoms with Gasteiger partial charge in [-0.15, -0.1) is 0 Å². The number of benzene rings is 1. The Kier molecular flexibility index (Phi) is 3.07. The van der Waals surface area contributed by atoms with Crippen molar-refractivity contribution in [3.63, 3.8) is 0 Å². The number of hydrogen-bond donors (Lipinski definition) is 0. The zero-order valence-corrected chi connectivity index (χ0v) is 10.8. The van der Waals surface area contributed by atoms with E-state index in [9.17, 15) is 0 Å². The van der Waals surface area contributed by atoms with E-state index in [4.69, 9.17) is 4.74 Å². The highest BCUT2D eigenvalue weighted by molar-refractivity contribution is 5.34. The Bertz CT molecular complexity index is 370. The minimum atomic E-state index is 0.249. The van der Waals surface area contributed by atoms with Crippen molar-refractivity contribution in [2.24, 2.45) is 0 Å². The molecule has 1 aromatic carbocycles. The number of hydrogen-bond acceptors (Lipinski definition) is 1. The van der Waals surface area contributed by atoms with Gasteiger partial charge in [0.25, 0.3) is 0 Å². The molecule has 1 heteroatoms. The molecular formula is C15H22O. The zero-order valence-electron chi connectivity index (χ0n) is 10.8. The molecule has 1 unspecified atom stereocenters. The molecule has 1 nitrogen and oxygen atoms in total. The lowest BCUT2D eigenvalue weighted by molar-refractivity contribution is 0.396. The van der Waals surface area contributed by atoms with Crippen molar-refractivity contribution < 1.29 is 4.74 Å². The van der Waals surface area contributed by atoms with Gasteiger partial charge in [0.2, 0.25) is 0 Å². The van der Waals surface area contributed by atoms with Crippen LogP contribution < -0.4 is 0 Å². The minimum absolute atomic E-state index is 0.249. The molecule has 0 spiro atoms. The minimum Gasteiger partial charge on any atom is -0.373 e. The van der Waals surface area contributed by atoms with Crippen LogP contribution in [0.5, 0.6) is 0 Å². The van der Waals surface area contributed by atoms with Crippen LogP contribution in [0, 0.1) is 6.92 Å². The van der Waals surface area contributed by atoms with Crippen molar-refractivity contribution in [3.8, 4) is 0 Å². The van der Waals surface area contributed by atoms with Crippen LogP contribution in [0.2, 0.25) is 0 Å². The van der Waals surface area contributed by atoms with Gasteiger partial charge in [0, 0.05) is 0 Å². The summed E-state index contributed by atoms with van der Waals surface area (Å²) < 4.78 is 5.27. The maximum absolute atomic E-state index is 5.27. The van der Waals surface area contributed by atoms with E-state index < -0.39 is 0 Å². The second kappa shape index (κ2) is 4.21. The van der Waals surface area contributed by atoms with Crippen molar-refractivity contribution in [2.45, 2.75) is 52.1 Å². The number of epoxide rings is 1. The Balaban J connectivity index is 2.14. The smallest absolute Gasteiger partial charge is 0.0813 e. The molecular weight excluding hydrogens is 196 g/mol. The van der Waals surface area contributed by atoms with Crippen LogP contribution in [0.25, 0.3) is 0 Å². The summed E-state index contributed by atoms with van der Waals surface area (Å²) in [6, 6.07) is 6.88. The maximum Gasteiger partial charge on any atom is 0.0813 e. The largest absolute Gasteiger partial charge is 0.373 e. The molecule has 0 amide bonds. The first kappa shape index (κ1) is 11.7. The quantitative estimate of drug-likeness (QED) is 0.706. The molecule has 1 fully saturated rings. The Labute approximate surface area is 98.8 Å². The van der Waals surface area contributed by atoms with E-state index in [-0.39, 0.29) is 5.41 Å². The monoisotopic (exact) mass is 218 g/mol. The summed E-state index contributed by atoms with van der Waals surface area (Å²) in [5, 5.41) is 0. The van der Waals surface area contributed by atoms with Gasteiger partial charge >= 0.3 is 0 Å². The third-order valence-corrected chi connectivity index (χ3v) is 3.35. The summed E-state index contributed by atoms with van der Waals surface area (Å²) in [7, 11) is 0. The lowest BCUT2D eigenvalue weighted by Crippen LogP contribution is -2.11. The van der Waals surface area contributed by atoms with Crippen LogP contribution >= 0.6 is 0 Å². The third-order valence-electron chi connectivity index (χ3n) is 3.35. The first-order valence-electron chi connectivity index (χ1n) is 6.18. The number of rotatable bonds is 3. The summed E-state index contributed by atoms with van der Waals surface area (Å²) in [5.74, 6) is 0. The second-order valence-corrected chi connectivity index (χ2v) is 5.89. The molecule has 0 bridgehead atoms. The number of ether oxygens (including phenoxy) is 1. The molecule has 1 heterocycles. The van der Waals surface area contributed by atoms with E-state index >= 15 is 0 Å². The fourth-order valence-electron chi connectivity index (χ4n) is 1.96. The van der Waals surface area contributed by atoms with Gasteiger partial charge in [0.15, 0.2) is 0 Å². The molecule has 1 atom stereocenters. The van der Waals surface area contributed by atoms with Gasteiger partial charge in [0.1, 0.15) is 0 Å². The molecule has 16 heavy (non-hydrogen) atoms. The normalized spacial score (nSPS) is 19.9. The molecule has 1 aromatic rings. The van der Waals surface area contributed by atoms with Crippen molar-refractivity contribution in [2.75, 3.05) is 6.61 Å². The van der Waals surface area contributed by atoms with Crippen LogP contribution in [-0.4, -0.2) is 12.7 Å². The van der Waals surface area contributed by atoms with E-state index in [1.54, 1.807) is 0 Å². The summed E-state index contributed by atoms with van der Waals surface area (Å²) in [6.07, 6.45) is 2.87. The van der Waals surface area contributed by atoms with Crippen LogP contribution in [0.3, 0.4) is 0 Å². The van der Waals surface area contributed by atoms with Crippen LogP contribution in [0.4, 0.5) is 0 Å². The maximum atomic E-state index is 5.27. The highest BCUT2D eigenvalue weighted by Crippen LogP contribution is 2.26. The average Bonchev–Trinajstić information content (AvgIpc) is 2.98. The predicted octanol–water partition coefficient (Wildman–Crippen LogP) is 3.62. The lowest BCUT2D eigenvalue weighted by atomic mass is 9.84. The molecule has 1 saturated heterocycles. The summed E-state index contributed by atoms with van der Waals surface area (Å²) in [5.41, 5.74) is 4.58. The van der Waals surface area contributed by atoms with E-state index in [0.29, 0.717) is 6.10 Å². The lowest BCUT2D eigenvalue weighted by Gasteiger charge is -2.20. The highest BCUT2D eigenvalue weighted by atomic mass is 16.6. The fraction of sp³-hybridized carbons (Fsp3) is 0.600. The summed E-state index contributed by atoms with van der Waals surface area (Å²) in [4.78, 5) is 0. The first-order chi connectivity index (χ1) is 7.47. The van der Waals surface area contributed by atoms with Crippen molar-refractivity contribution in [3.05, 3.63) is 34.9 Å². The van der Waals surface area contributed by atoms with Gasteiger partial charge in [0.05, 0.1) is 12.7 Å². The Hall–Kier alpha value is -0.820. The van der Waals surface area contributed by atoms with E-state index in [0.717, 1.165) is 13.0 Å². The van der Waals surface area contributed by atoms with Gasteiger partial charge in [-0.3, -0.25) is 0 Å². The molecule has 2 rings (SSSR count). The van der Waals surface area contributed by atoms with Gasteiger partial charge in [-0.1, -0.05) is 39.0 Å². The van der Waals surface area contributed by atoms with Gasteiger partial charge in [-0.2, -0.15) is 0 Å². The van der Waals surface area contributed by atoms with E-state index in [1.165, 1.54) is 23.1 Å². The van der Waals surface area contributed by atoms with Crippen molar-refractivity contribution in [1.29, 1.82) is 0 Å². The van der Waals surface area contributed by atoms with Gasteiger partial charge in [-0.05, 0) is 41.9 Å². The van der Waals surface area contributed by atoms with Gasteiger partial charge < -0.3 is 4.74 Å². The van der Waals surface area contributed by atoms with Crippen LogP contribution in [0.15, 0.2) is 18.2 Å². The van der Waals surface area contributed by atoms with Crippen molar-refractivity contribution in [1.82, 2.24) is 0 Å². The Morgan fingerprint density at radius 3 is 2.56 bits per heavy atom. The van der Waals surface area contributed by atoms with Crippen LogP contribution in [-0.2, 0) is 16.6 Å². The molecule has 1 aliphatic rings. The third kappa shape index (κ3) is 2.85. The standard InChI is InChI=1S/C15H22O/c1-11-5-7-13(15(2,3)4)9-12(11)6-8-14-10-16-14/h5,7,9,14H,6,8,10H2,1-4H3. The Morgan fingerprint density at radius 1 is 1.31 bits per heavy atom. The molecule has 0 N–H and O–H groups in total. The molecule has 0 aromatic heterocycles. The Morgan fingerprint density at radius 2 is 2.00 bits per heavy atom. The molecule has 0 radical (unpaired) electrons. The highest BCUT2D eigenvalue weighted by Gasteiger charge is 2.22. The average molecular weight is 218 g/mol. The summed E-state index contributed by atoms with van der Waals surface area (Å²) >= 11 is 0. The van der Waals surface area contributed by atoms with Crippen molar-refractivity contribution >= 4 is 0 Å². The fourth-order valence-corrected chi connectivity index (χ4v) is 1.96. The van der Waals surface area contributed by atoms with Crippen LogP contribution in [0.1, 0.15) is 43.9 Å². The number of aryl methyl sites for hydroxylation is 2. The molecule has 0 saturated carbocycles. The van der Waals surface area contributed by atoms with E-state index in [2.05, 4.69) is 45.9 Å².